The fourth-order valence-electron chi connectivity index (χ4n) is 2.37. The second-order valence-electron chi connectivity index (χ2n) is 5.66. The summed E-state index contributed by atoms with van der Waals surface area (Å²) < 4.78 is 21.3. The minimum Gasteiger partial charge on any atom is -0.493 e. The third kappa shape index (κ3) is 8.36. The number of ether oxygens (including phenoxy) is 4. The zero-order valence-electron chi connectivity index (χ0n) is 15.7. The van der Waals surface area contributed by atoms with Gasteiger partial charge in [-0.05, 0) is 24.6 Å². The molecule has 25 heavy (non-hydrogen) atoms. The summed E-state index contributed by atoms with van der Waals surface area (Å²) in [7, 11) is 4.94. The summed E-state index contributed by atoms with van der Waals surface area (Å²) in [4.78, 5) is 2.09. The van der Waals surface area contributed by atoms with Crippen LogP contribution in [0.5, 0.6) is 11.5 Å². The molecule has 0 aliphatic rings. The maximum Gasteiger partial charge on any atom is 0.161 e. The molecule has 0 radical (unpaired) electrons. The highest BCUT2D eigenvalue weighted by Gasteiger charge is 2.14. The van der Waals surface area contributed by atoms with Crippen LogP contribution in [0.25, 0.3) is 6.08 Å². The molecule has 142 valence electrons. The van der Waals surface area contributed by atoms with Gasteiger partial charge in [0.1, 0.15) is 12.7 Å². The molecule has 6 heteroatoms. The summed E-state index contributed by atoms with van der Waals surface area (Å²) in [6, 6.07) is 5.72. The lowest BCUT2D eigenvalue weighted by molar-refractivity contribution is 0.0454. The molecular weight excluding hydrogens is 322 g/mol. The number of methoxy groups -OCH3 is 3. The van der Waals surface area contributed by atoms with Crippen molar-refractivity contribution in [1.29, 1.82) is 0 Å². The Morgan fingerprint density at radius 1 is 1.08 bits per heavy atom. The number of rotatable bonds is 13. The van der Waals surface area contributed by atoms with Crippen molar-refractivity contribution in [1.82, 2.24) is 4.90 Å². The summed E-state index contributed by atoms with van der Waals surface area (Å²) >= 11 is 0. The molecule has 0 spiro atoms. The SMILES string of the molecule is C/C=C/c1ccc(OCC(O)CN(CCOC)CCOC)c(OC)c1. The van der Waals surface area contributed by atoms with E-state index >= 15 is 0 Å². The Balaban J connectivity index is 2.57. The van der Waals surface area contributed by atoms with Crippen molar-refractivity contribution in [3.05, 3.63) is 29.8 Å². The molecule has 1 N–H and O–H groups in total. The largest absolute Gasteiger partial charge is 0.493 e. The van der Waals surface area contributed by atoms with Gasteiger partial charge in [-0.3, -0.25) is 4.90 Å². The van der Waals surface area contributed by atoms with Crippen molar-refractivity contribution >= 4 is 6.08 Å². The second kappa shape index (κ2) is 12.7. The van der Waals surface area contributed by atoms with Crippen molar-refractivity contribution in [2.45, 2.75) is 13.0 Å². The van der Waals surface area contributed by atoms with Crippen LogP contribution in [0.15, 0.2) is 24.3 Å². The van der Waals surface area contributed by atoms with Gasteiger partial charge in [0.05, 0.1) is 20.3 Å². The molecule has 1 atom stereocenters. The van der Waals surface area contributed by atoms with Crippen molar-refractivity contribution in [3.8, 4) is 11.5 Å². The molecule has 0 aromatic heterocycles. The smallest absolute Gasteiger partial charge is 0.161 e. The zero-order chi connectivity index (χ0) is 18.5. The molecule has 0 bridgehead atoms. The Labute approximate surface area is 150 Å². The van der Waals surface area contributed by atoms with Crippen LogP contribution in [0, 0.1) is 0 Å². The van der Waals surface area contributed by atoms with Crippen LogP contribution in [-0.2, 0) is 9.47 Å². The van der Waals surface area contributed by atoms with Gasteiger partial charge >= 0.3 is 0 Å². The Kier molecular flexibility index (Phi) is 10.9. The van der Waals surface area contributed by atoms with E-state index in [1.165, 1.54) is 0 Å². The van der Waals surface area contributed by atoms with Crippen LogP contribution < -0.4 is 9.47 Å². The minimum absolute atomic E-state index is 0.190. The molecule has 1 aromatic rings. The van der Waals surface area contributed by atoms with Gasteiger partial charge in [0.2, 0.25) is 0 Å². The Morgan fingerprint density at radius 3 is 2.32 bits per heavy atom. The maximum atomic E-state index is 10.3. The van der Waals surface area contributed by atoms with Gasteiger partial charge in [0.25, 0.3) is 0 Å². The molecular formula is C19H31NO5. The molecule has 0 fully saturated rings. The average molecular weight is 353 g/mol. The number of hydrogen-bond donors (Lipinski definition) is 1. The van der Waals surface area contributed by atoms with Gasteiger partial charge in [0, 0.05) is 33.9 Å². The minimum atomic E-state index is -0.617. The van der Waals surface area contributed by atoms with E-state index in [1.54, 1.807) is 21.3 Å². The van der Waals surface area contributed by atoms with Crippen molar-refractivity contribution < 1.29 is 24.1 Å². The van der Waals surface area contributed by atoms with E-state index < -0.39 is 6.10 Å². The van der Waals surface area contributed by atoms with Gasteiger partial charge < -0.3 is 24.1 Å². The molecule has 0 heterocycles. The van der Waals surface area contributed by atoms with Gasteiger partial charge in [-0.2, -0.15) is 0 Å². The molecule has 1 rings (SSSR count). The van der Waals surface area contributed by atoms with E-state index in [0.29, 0.717) is 31.3 Å². The summed E-state index contributed by atoms with van der Waals surface area (Å²) in [6.45, 7) is 5.33. The van der Waals surface area contributed by atoms with E-state index in [2.05, 4.69) is 4.90 Å². The van der Waals surface area contributed by atoms with E-state index in [-0.39, 0.29) is 6.61 Å². The second-order valence-corrected chi connectivity index (χ2v) is 5.66. The molecule has 0 saturated carbocycles. The van der Waals surface area contributed by atoms with Crippen LogP contribution in [0.3, 0.4) is 0 Å². The fraction of sp³-hybridized carbons (Fsp3) is 0.579. The summed E-state index contributed by atoms with van der Waals surface area (Å²) in [5.74, 6) is 1.27. The van der Waals surface area contributed by atoms with Crippen molar-refractivity contribution in [2.24, 2.45) is 0 Å². The van der Waals surface area contributed by atoms with Gasteiger partial charge in [-0.1, -0.05) is 18.2 Å². The van der Waals surface area contributed by atoms with Crippen LogP contribution in [0.2, 0.25) is 0 Å². The fourth-order valence-corrected chi connectivity index (χ4v) is 2.37. The van der Waals surface area contributed by atoms with Gasteiger partial charge in [-0.15, -0.1) is 0 Å². The third-order valence-corrected chi connectivity index (χ3v) is 3.67. The predicted molar refractivity (Wildman–Crippen MR) is 99.4 cm³/mol. The quantitative estimate of drug-likeness (QED) is 0.586. The zero-order valence-corrected chi connectivity index (χ0v) is 15.7. The van der Waals surface area contributed by atoms with Crippen LogP contribution in [0.1, 0.15) is 12.5 Å². The van der Waals surface area contributed by atoms with Crippen LogP contribution in [-0.4, -0.2) is 76.9 Å². The van der Waals surface area contributed by atoms with Crippen LogP contribution in [0.4, 0.5) is 0 Å². The Bertz CT molecular complexity index is 499. The molecule has 1 unspecified atom stereocenters. The first-order chi connectivity index (χ1) is 12.1. The first-order valence-electron chi connectivity index (χ1n) is 8.46. The summed E-state index contributed by atoms with van der Waals surface area (Å²) in [5, 5.41) is 10.3. The molecule has 0 amide bonds. The molecule has 6 nitrogen and oxygen atoms in total. The number of allylic oxidation sites excluding steroid dienone is 1. The highest BCUT2D eigenvalue weighted by atomic mass is 16.5. The molecule has 0 aliphatic carbocycles. The van der Waals surface area contributed by atoms with Gasteiger partial charge in [0.15, 0.2) is 11.5 Å². The molecule has 0 aliphatic heterocycles. The lowest BCUT2D eigenvalue weighted by Gasteiger charge is -2.24. The Hall–Kier alpha value is -1.60. The monoisotopic (exact) mass is 353 g/mol. The maximum absolute atomic E-state index is 10.3. The summed E-state index contributed by atoms with van der Waals surface area (Å²) in [5.41, 5.74) is 1.04. The Morgan fingerprint density at radius 2 is 1.76 bits per heavy atom. The number of benzene rings is 1. The van der Waals surface area contributed by atoms with Gasteiger partial charge in [-0.25, -0.2) is 0 Å². The lowest BCUT2D eigenvalue weighted by atomic mass is 10.2. The van der Waals surface area contributed by atoms with Crippen LogP contribution >= 0.6 is 0 Å². The number of nitrogens with zero attached hydrogens (tertiary/aromatic N) is 1. The molecule has 0 saturated heterocycles. The van der Waals surface area contributed by atoms with Crippen molar-refractivity contribution in [2.75, 3.05) is 60.8 Å². The number of aliphatic hydroxyl groups is 1. The standard InChI is InChI=1S/C19H31NO5/c1-5-6-16-7-8-18(19(13-16)24-4)25-15-17(21)14-20(9-11-22-2)10-12-23-3/h5-8,13,17,21H,9-12,14-15H2,1-4H3/b6-5+. The lowest BCUT2D eigenvalue weighted by Crippen LogP contribution is -2.39. The van der Waals surface area contributed by atoms with E-state index in [4.69, 9.17) is 18.9 Å². The topological polar surface area (TPSA) is 60.4 Å². The van der Waals surface area contributed by atoms with E-state index in [0.717, 1.165) is 18.7 Å². The first-order valence-corrected chi connectivity index (χ1v) is 8.46. The van der Waals surface area contributed by atoms with Crippen molar-refractivity contribution in [3.63, 3.8) is 0 Å². The normalized spacial score (nSPS) is 12.7. The summed E-state index contributed by atoms with van der Waals surface area (Å²) in [6.07, 6.45) is 3.34. The average Bonchev–Trinajstić information content (AvgIpc) is 2.62. The third-order valence-electron chi connectivity index (χ3n) is 3.67. The molecule has 1 aromatic carbocycles. The highest BCUT2D eigenvalue weighted by molar-refractivity contribution is 5.55. The predicted octanol–water partition coefficient (Wildman–Crippen LogP) is 2.06. The highest BCUT2D eigenvalue weighted by Crippen LogP contribution is 2.28. The number of hydrogen-bond acceptors (Lipinski definition) is 6. The van der Waals surface area contributed by atoms with E-state index in [1.807, 2.05) is 37.3 Å². The number of aliphatic hydroxyl groups excluding tert-OH is 1. The first kappa shape index (κ1) is 21.4. The van der Waals surface area contributed by atoms with E-state index in [9.17, 15) is 5.11 Å².